The van der Waals surface area contributed by atoms with Crippen molar-refractivity contribution in [2.45, 2.75) is 31.8 Å². The number of aliphatic hydroxyl groups excluding tert-OH is 1. The van der Waals surface area contributed by atoms with Gasteiger partial charge in [0.1, 0.15) is 5.78 Å². The molecule has 0 heterocycles. The summed E-state index contributed by atoms with van der Waals surface area (Å²) in [5.74, 6) is -0.107. The maximum absolute atomic E-state index is 11.7. The van der Waals surface area contributed by atoms with E-state index in [0.717, 1.165) is 24.8 Å². The average molecular weight is 229 g/mol. The molecule has 2 atom stereocenters. The van der Waals surface area contributed by atoms with Crippen molar-refractivity contribution in [2.24, 2.45) is 5.92 Å². The zero-order valence-electron chi connectivity index (χ0n) is 9.60. The first-order valence-electron chi connectivity index (χ1n) is 5.93. The quantitative estimate of drug-likeness (QED) is 0.846. The number of aliphatic hydroxyl groups is 1. The molecule has 1 unspecified atom stereocenters. The van der Waals surface area contributed by atoms with Gasteiger partial charge in [-0.1, -0.05) is 18.6 Å². The number of Topliss-reactive ketones (excluding diaryl/α,β-unsaturated/α-hetero) is 1. The topological polar surface area (TPSA) is 61.1 Å². The number of nitrogens with zero attached hydrogens (tertiary/aromatic N) is 1. The van der Waals surface area contributed by atoms with Gasteiger partial charge in [-0.15, -0.1) is 0 Å². The van der Waals surface area contributed by atoms with Crippen LogP contribution >= 0.6 is 0 Å². The van der Waals surface area contributed by atoms with E-state index < -0.39 is 6.10 Å². The Labute approximate surface area is 101 Å². The van der Waals surface area contributed by atoms with Crippen molar-refractivity contribution in [1.29, 1.82) is 5.26 Å². The number of benzene rings is 1. The molecule has 88 valence electrons. The van der Waals surface area contributed by atoms with Crippen LogP contribution in [0.15, 0.2) is 24.3 Å². The fraction of sp³-hybridized carbons (Fsp3) is 0.429. The van der Waals surface area contributed by atoms with E-state index >= 15 is 0 Å². The summed E-state index contributed by atoms with van der Waals surface area (Å²) in [5.41, 5.74) is 1.29. The van der Waals surface area contributed by atoms with Crippen LogP contribution in [0.4, 0.5) is 0 Å². The normalized spacial score (nSPS) is 21.9. The molecule has 0 aliphatic heterocycles. The van der Waals surface area contributed by atoms with Gasteiger partial charge in [-0.3, -0.25) is 4.79 Å². The maximum atomic E-state index is 11.7. The number of carbonyl (C=O) groups is 1. The Balaban J connectivity index is 2.15. The molecular formula is C14H15NO2. The van der Waals surface area contributed by atoms with Crippen LogP contribution in [0, 0.1) is 17.2 Å². The highest BCUT2D eigenvalue weighted by atomic mass is 16.3. The standard InChI is InChI=1S/C14H15NO2/c15-9-10-5-7-11(8-6-10)14(17)12-3-1-2-4-13(12)16/h5-8,12,14,17H,1-4H2/t12?,14-/m0/s1. The lowest BCUT2D eigenvalue weighted by atomic mass is 9.81. The Kier molecular flexibility index (Phi) is 3.55. The van der Waals surface area contributed by atoms with E-state index in [0.29, 0.717) is 12.0 Å². The molecule has 1 aromatic carbocycles. The molecule has 0 amide bonds. The van der Waals surface area contributed by atoms with Crippen molar-refractivity contribution in [3.8, 4) is 6.07 Å². The van der Waals surface area contributed by atoms with Crippen molar-refractivity contribution in [1.82, 2.24) is 0 Å². The molecule has 0 bridgehead atoms. The molecule has 0 aromatic heterocycles. The zero-order chi connectivity index (χ0) is 12.3. The van der Waals surface area contributed by atoms with E-state index in [9.17, 15) is 9.90 Å². The third-order valence-electron chi connectivity index (χ3n) is 3.36. The Morgan fingerprint density at radius 1 is 1.29 bits per heavy atom. The van der Waals surface area contributed by atoms with Crippen molar-refractivity contribution in [2.75, 3.05) is 0 Å². The second kappa shape index (κ2) is 5.11. The smallest absolute Gasteiger partial charge is 0.138 e. The molecule has 0 radical (unpaired) electrons. The molecule has 1 aliphatic rings. The van der Waals surface area contributed by atoms with E-state index in [1.165, 1.54) is 0 Å². The summed E-state index contributed by atoms with van der Waals surface area (Å²) in [5, 5.41) is 18.9. The molecule has 3 nitrogen and oxygen atoms in total. The van der Waals surface area contributed by atoms with Crippen LogP contribution in [0.2, 0.25) is 0 Å². The van der Waals surface area contributed by atoms with Crippen LogP contribution in [0.1, 0.15) is 42.9 Å². The summed E-state index contributed by atoms with van der Waals surface area (Å²) < 4.78 is 0. The summed E-state index contributed by atoms with van der Waals surface area (Å²) in [4.78, 5) is 11.7. The largest absolute Gasteiger partial charge is 0.388 e. The van der Waals surface area contributed by atoms with Crippen LogP contribution < -0.4 is 0 Å². The first kappa shape index (κ1) is 11.8. The van der Waals surface area contributed by atoms with Gasteiger partial charge in [-0.05, 0) is 30.5 Å². The monoisotopic (exact) mass is 229 g/mol. The zero-order valence-corrected chi connectivity index (χ0v) is 9.60. The third-order valence-corrected chi connectivity index (χ3v) is 3.36. The number of hydrogen-bond donors (Lipinski definition) is 1. The van der Waals surface area contributed by atoms with Crippen LogP contribution in [0.25, 0.3) is 0 Å². The summed E-state index contributed by atoms with van der Waals surface area (Å²) in [7, 11) is 0. The Morgan fingerprint density at radius 2 is 2.00 bits per heavy atom. The van der Waals surface area contributed by atoms with Gasteiger partial charge in [0.15, 0.2) is 0 Å². The first-order valence-corrected chi connectivity index (χ1v) is 5.93. The highest BCUT2D eigenvalue weighted by molar-refractivity contribution is 5.82. The summed E-state index contributed by atoms with van der Waals surface area (Å²) in [6.07, 6.45) is 2.56. The fourth-order valence-corrected chi connectivity index (χ4v) is 2.33. The molecule has 1 aromatic rings. The van der Waals surface area contributed by atoms with Crippen LogP contribution in [-0.2, 0) is 4.79 Å². The van der Waals surface area contributed by atoms with Gasteiger partial charge in [-0.25, -0.2) is 0 Å². The molecule has 1 saturated carbocycles. The Morgan fingerprint density at radius 3 is 2.59 bits per heavy atom. The number of ketones is 1. The molecule has 1 N–H and O–H groups in total. The number of rotatable bonds is 2. The van der Waals surface area contributed by atoms with E-state index in [2.05, 4.69) is 0 Å². The molecule has 0 saturated heterocycles. The Hall–Kier alpha value is -1.66. The predicted octanol–water partition coefficient (Wildman–Crippen LogP) is 2.35. The SMILES string of the molecule is N#Cc1ccc([C@H](O)C2CCCCC2=O)cc1. The summed E-state index contributed by atoms with van der Waals surface area (Å²) in [6.45, 7) is 0. The molecule has 2 rings (SSSR count). The minimum Gasteiger partial charge on any atom is -0.388 e. The van der Waals surface area contributed by atoms with Gasteiger partial charge in [0.25, 0.3) is 0 Å². The number of nitriles is 1. The van der Waals surface area contributed by atoms with Gasteiger partial charge >= 0.3 is 0 Å². The van der Waals surface area contributed by atoms with Crippen LogP contribution in [-0.4, -0.2) is 10.9 Å². The van der Waals surface area contributed by atoms with Crippen molar-refractivity contribution in [3.05, 3.63) is 35.4 Å². The van der Waals surface area contributed by atoms with Crippen molar-refractivity contribution < 1.29 is 9.90 Å². The van der Waals surface area contributed by atoms with Crippen LogP contribution in [0.5, 0.6) is 0 Å². The van der Waals surface area contributed by atoms with Gasteiger partial charge in [-0.2, -0.15) is 5.26 Å². The second-order valence-corrected chi connectivity index (χ2v) is 4.50. The molecule has 0 spiro atoms. The molecule has 1 fully saturated rings. The number of carbonyl (C=O) groups excluding carboxylic acids is 1. The van der Waals surface area contributed by atoms with E-state index in [1.54, 1.807) is 24.3 Å². The lowest BCUT2D eigenvalue weighted by molar-refractivity contribution is -0.128. The minimum atomic E-state index is -0.726. The second-order valence-electron chi connectivity index (χ2n) is 4.50. The molecule has 3 heteroatoms. The van der Waals surface area contributed by atoms with E-state index in [-0.39, 0.29) is 11.7 Å². The summed E-state index contributed by atoms with van der Waals surface area (Å²) >= 11 is 0. The fourth-order valence-electron chi connectivity index (χ4n) is 2.33. The predicted molar refractivity (Wildman–Crippen MR) is 63.1 cm³/mol. The van der Waals surface area contributed by atoms with Gasteiger partial charge in [0.05, 0.1) is 17.7 Å². The lowest BCUT2D eigenvalue weighted by Gasteiger charge is -2.25. The van der Waals surface area contributed by atoms with Gasteiger partial charge in [0, 0.05) is 12.3 Å². The first-order chi connectivity index (χ1) is 8.22. The highest BCUT2D eigenvalue weighted by Crippen LogP contribution is 2.32. The van der Waals surface area contributed by atoms with E-state index in [1.807, 2.05) is 6.07 Å². The molecule has 1 aliphatic carbocycles. The van der Waals surface area contributed by atoms with Crippen LogP contribution in [0.3, 0.4) is 0 Å². The molecule has 17 heavy (non-hydrogen) atoms. The maximum Gasteiger partial charge on any atom is 0.138 e. The van der Waals surface area contributed by atoms with Crippen molar-refractivity contribution >= 4 is 5.78 Å². The van der Waals surface area contributed by atoms with Crippen molar-refractivity contribution in [3.63, 3.8) is 0 Å². The Bertz CT molecular complexity index is 444. The highest BCUT2D eigenvalue weighted by Gasteiger charge is 2.29. The number of hydrogen-bond acceptors (Lipinski definition) is 3. The van der Waals surface area contributed by atoms with Gasteiger partial charge < -0.3 is 5.11 Å². The molecular weight excluding hydrogens is 214 g/mol. The van der Waals surface area contributed by atoms with E-state index in [4.69, 9.17) is 5.26 Å². The van der Waals surface area contributed by atoms with Gasteiger partial charge in [0.2, 0.25) is 0 Å². The third kappa shape index (κ3) is 2.54. The summed E-state index contributed by atoms with van der Waals surface area (Å²) in [6, 6.07) is 8.83. The average Bonchev–Trinajstić information content (AvgIpc) is 2.39. The lowest BCUT2D eigenvalue weighted by Crippen LogP contribution is -2.25. The minimum absolute atomic E-state index is 0.160.